The lowest BCUT2D eigenvalue weighted by molar-refractivity contribution is -0.125. The SMILES string of the molecule is CCC(C)C(=O)NCC(C)(O)CC. The second kappa shape index (κ2) is 5.22. The third-order valence-electron chi connectivity index (χ3n) is 2.47. The van der Waals surface area contributed by atoms with Crippen LogP contribution < -0.4 is 5.32 Å². The van der Waals surface area contributed by atoms with E-state index in [0.29, 0.717) is 13.0 Å². The second-order valence-electron chi connectivity index (χ2n) is 3.88. The molecule has 2 unspecified atom stereocenters. The summed E-state index contributed by atoms with van der Waals surface area (Å²) in [4.78, 5) is 11.3. The topological polar surface area (TPSA) is 49.3 Å². The highest BCUT2D eigenvalue weighted by molar-refractivity contribution is 5.78. The molecule has 0 heterocycles. The molecule has 0 aromatic rings. The summed E-state index contributed by atoms with van der Waals surface area (Å²) >= 11 is 0. The highest BCUT2D eigenvalue weighted by Gasteiger charge is 2.19. The van der Waals surface area contributed by atoms with Gasteiger partial charge in [-0.3, -0.25) is 4.79 Å². The first kappa shape index (κ1) is 12.4. The number of carbonyl (C=O) groups excluding carboxylic acids is 1. The first-order valence-corrected chi connectivity index (χ1v) is 4.93. The lowest BCUT2D eigenvalue weighted by Crippen LogP contribution is -2.41. The van der Waals surface area contributed by atoms with Crippen molar-refractivity contribution in [2.24, 2.45) is 5.92 Å². The number of carbonyl (C=O) groups is 1. The summed E-state index contributed by atoms with van der Waals surface area (Å²) in [5.74, 6) is 0.0591. The minimum atomic E-state index is -0.775. The molecule has 2 N–H and O–H groups in total. The standard InChI is InChI=1S/C10H21NO2/c1-5-8(3)9(12)11-7-10(4,13)6-2/h8,13H,5-7H2,1-4H3,(H,11,12). The third-order valence-corrected chi connectivity index (χ3v) is 2.47. The zero-order chi connectivity index (χ0) is 10.5. The molecule has 78 valence electrons. The van der Waals surface area contributed by atoms with Gasteiger partial charge in [0.05, 0.1) is 5.60 Å². The van der Waals surface area contributed by atoms with E-state index >= 15 is 0 Å². The average Bonchev–Trinajstić information content (AvgIpc) is 2.13. The van der Waals surface area contributed by atoms with Crippen LogP contribution in [0.4, 0.5) is 0 Å². The van der Waals surface area contributed by atoms with Crippen LogP contribution in [-0.4, -0.2) is 23.2 Å². The molecule has 0 spiro atoms. The molecule has 2 atom stereocenters. The quantitative estimate of drug-likeness (QED) is 0.681. The van der Waals surface area contributed by atoms with Gasteiger partial charge in [0.25, 0.3) is 0 Å². The molecule has 0 rings (SSSR count). The van der Waals surface area contributed by atoms with Crippen LogP contribution >= 0.6 is 0 Å². The molecule has 3 heteroatoms. The molecule has 0 aromatic carbocycles. The largest absolute Gasteiger partial charge is 0.388 e. The summed E-state index contributed by atoms with van der Waals surface area (Å²) in [7, 11) is 0. The van der Waals surface area contributed by atoms with Gasteiger partial charge in [0.2, 0.25) is 5.91 Å². The zero-order valence-electron chi connectivity index (χ0n) is 9.05. The first-order chi connectivity index (χ1) is 5.93. The lowest BCUT2D eigenvalue weighted by Gasteiger charge is -2.22. The summed E-state index contributed by atoms with van der Waals surface area (Å²) in [6, 6.07) is 0. The molecule has 0 aliphatic rings. The number of rotatable bonds is 5. The van der Waals surface area contributed by atoms with Gasteiger partial charge in [-0.15, -0.1) is 0 Å². The van der Waals surface area contributed by atoms with Gasteiger partial charge in [-0.2, -0.15) is 0 Å². The van der Waals surface area contributed by atoms with Gasteiger partial charge in [0, 0.05) is 12.5 Å². The maximum Gasteiger partial charge on any atom is 0.222 e. The lowest BCUT2D eigenvalue weighted by atomic mass is 10.0. The Morgan fingerprint density at radius 1 is 1.54 bits per heavy atom. The number of nitrogens with one attached hydrogen (secondary N) is 1. The van der Waals surface area contributed by atoms with Crippen LogP contribution in [0.3, 0.4) is 0 Å². The van der Waals surface area contributed by atoms with Crippen LogP contribution in [0.25, 0.3) is 0 Å². The Labute approximate surface area is 80.5 Å². The van der Waals surface area contributed by atoms with E-state index in [-0.39, 0.29) is 11.8 Å². The van der Waals surface area contributed by atoms with Crippen molar-refractivity contribution in [1.29, 1.82) is 0 Å². The molecular formula is C10H21NO2. The fourth-order valence-corrected chi connectivity index (χ4v) is 0.762. The molecule has 0 fully saturated rings. The predicted octanol–water partition coefficient (Wildman–Crippen LogP) is 1.31. The third kappa shape index (κ3) is 4.88. The highest BCUT2D eigenvalue weighted by Crippen LogP contribution is 2.07. The van der Waals surface area contributed by atoms with Gasteiger partial charge < -0.3 is 10.4 Å². The summed E-state index contributed by atoms with van der Waals surface area (Å²) in [5, 5.41) is 12.3. The molecule has 1 amide bonds. The Kier molecular flexibility index (Phi) is 4.99. The van der Waals surface area contributed by atoms with Crippen LogP contribution in [0.5, 0.6) is 0 Å². The molecular weight excluding hydrogens is 166 g/mol. The number of hydrogen-bond acceptors (Lipinski definition) is 2. The van der Waals surface area contributed by atoms with E-state index in [1.54, 1.807) is 6.92 Å². The van der Waals surface area contributed by atoms with E-state index in [4.69, 9.17) is 0 Å². The van der Waals surface area contributed by atoms with E-state index in [2.05, 4.69) is 5.32 Å². The minimum Gasteiger partial charge on any atom is -0.388 e. The van der Waals surface area contributed by atoms with Crippen LogP contribution in [0.1, 0.15) is 40.5 Å². The molecule has 0 bridgehead atoms. The van der Waals surface area contributed by atoms with Crippen LogP contribution in [0, 0.1) is 5.92 Å². The number of hydrogen-bond donors (Lipinski definition) is 2. The van der Waals surface area contributed by atoms with Gasteiger partial charge in [0.15, 0.2) is 0 Å². The highest BCUT2D eigenvalue weighted by atomic mass is 16.3. The van der Waals surface area contributed by atoms with Crippen molar-refractivity contribution in [2.75, 3.05) is 6.54 Å². The zero-order valence-corrected chi connectivity index (χ0v) is 9.05. The van der Waals surface area contributed by atoms with Crippen molar-refractivity contribution in [3.63, 3.8) is 0 Å². The normalized spacial score (nSPS) is 17.6. The maximum absolute atomic E-state index is 11.3. The summed E-state index contributed by atoms with van der Waals surface area (Å²) in [6.45, 7) is 7.82. The molecule has 0 aliphatic carbocycles. The Morgan fingerprint density at radius 3 is 2.46 bits per heavy atom. The Balaban J connectivity index is 3.83. The number of aliphatic hydroxyl groups is 1. The van der Waals surface area contributed by atoms with Gasteiger partial charge in [0.1, 0.15) is 0 Å². The van der Waals surface area contributed by atoms with Gasteiger partial charge in [-0.1, -0.05) is 20.8 Å². The van der Waals surface area contributed by atoms with E-state index < -0.39 is 5.60 Å². The van der Waals surface area contributed by atoms with E-state index in [9.17, 15) is 9.90 Å². The van der Waals surface area contributed by atoms with E-state index in [1.165, 1.54) is 0 Å². The molecule has 13 heavy (non-hydrogen) atoms. The van der Waals surface area contributed by atoms with Crippen molar-refractivity contribution in [3.8, 4) is 0 Å². The van der Waals surface area contributed by atoms with Crippen molar-refractivity contribution in [3.05, 3.63) is 0 Å². The maximum atomic E-state index is 11.3. The van der Waals surface area contributed by atoms with Crippen molar-refractivity contribution < 1.29 is 9.90 Å². The Bertz CT molecular complexity index is 166. The monoisotopic (exact) mass is 187 g/mol. The molecule has 3 nitrogen and oxygen atoms in total. The molecule has 0 saturated carbocycles. The molecule has 0 aromatic heterocycles. The van der Waals surface area contributed by atoms with Crippen LogP contribution in [0.2, 0.25) is 0 Å². The summed E-state index contributed by atoms with van der Waals surface area (Å²) in [6.07, 6.45) is 1.48. The smallest absolute Gasteiger partial charge is 0.222 e. The second-order valence-corrected chi connectivity index (χ2v) is 3.88. The molecule has 0 aliphatic heterocycles. The number of amides is 1. The summed E-state index contributed by atoms with van der Waals surface area (Å²) in [5.41, 5.74) is -0.775. The van der Waals surface area contributed by atoms with Crippen molar-refractivity contribution in [2.45, 2.75) is 46.1 Å². The predicted molar refractivity (Wildman–Crippen MR) is 53.4 cm³/mol. The van der Waals surface area contributed by atoms with Crippen molar-refractivity contribution in [1.82, 2.24) is 5.32 Å². The van der Waals surface area contributed by atoms with Gasteiger partial charge in [-0.25, -0.2) is 0 Å². The van der Waals surface area contributed by atoms with Crippen LogP contribution in [-0.2, 0) is 4.79 Å². The van der Waals surface area contributed by atoms with Crippen molar-refractivity contribution >= 4 is 5.91 Å². The van der Waals surface area contributed by atoms with Crippen LogP contribution in [0.15, 0.2) is 0 Å². The first-order valence-electron chi connectivity index (χ1n) is 4.93. The summed E-state index contributed by atoms with van der Waals surface area (Å²) < 4.78 is 0. The van der Waals surface area contributed by atoms with E-state index in [0.717, 1.165) is 6.42 Å². The molecule has 0 saturated heterocycles. The Hall–Kier alpha value is -0.570. The van der Waals surface area contributed by atoms with Gasteiger partial charge >= 0.3 is 0 Å². The average molecular weight is 187 g/mol. The van der Waals surface area contributed by atoms with E-state index in [1.807, 2.05) is 20.8 Å². The molecule has 0 radical (unpaired) electrons. The Morgan fingerprint density at radius 2 is 2.08 bits per heavy atom. The van der Waals surface area contributed by atoms with Gasteiger partial charge in [-0.05, 0) is 19.8 Å². The fraction of sp³-hybridized carbons (Fsp3) is 0.900. The fourth-order valence-electron chi connectivity index (χ4n) is 0.762. The minimum absolute atomic E-state index is 0.0243.